The number of hydrogen-bond donors (Lipinski definition) is 1. The fourth-order valence-corrected chi connectivity index (χ4v) is 2.48. The third-order valence-corrected chi connectivity index (χ3v) is 3.43. The SMILES string of the molecule is O=C(O)CN(CCCC1CCCO1)c1ccccc1. The first-order valence-corrected chi connectivity index (χ1v) is 6.89. The van der Waals surface area contributed by atoms with Crippen LogP contribution in [0.15, 0.2) is 30.3 Å². The number of carbonyl (C=O) groups is 1. The van der Waals surface area contributed by atoms with Gasteiger partial charge in [0.1, 0.15) is 6.54 Å². The Hall–Kier alpha value is -1.55. The Bertz CT molecular complexity index is 388. The van der Waals surface area contributed by atoms with Crippen LogP contribution in [0, 0.1) is 0 Å². The first kappa shape index (κ1) is 13.9. The second-order valence-electron chi connectivity index (χ2n) is 4.93. The van der Waals surface area contributed by atoms with Gasteiger partial charge < -0.3 is 14.7 Å². The maximum absolute atomic E-state index is 10.9. The van der Waals surface area contributed by atoms with Crippen LogP contribution in [0.3, 0.4) is 0 Å². The topological polar surface area (TPSA) is 49.8 Å². The van der Waals surface area contributed by atoms with Gasteiger partial charge >= 0.3 is 5.97 Å². The minimum Gasteiger partial charge on any atom is -0.480 e. The highest BCUT2D eigenvalue weighted by Gasteiger charge is 2.16. The molecule has 4 heteroatoms. The fraction of sp³-hybridized carbons (Fsp3) is 0.533. The lowest BCUT2D eigenvalue weighted by Crippen LogP contribution is -2.31. The maximum atomic E-state index is 10.9. The van der Waals surface area contributed by atoms with Crippen molar-refractivity contribution in [3.63, 3.8) is 0 Å². The van der Waals surface area contributed by atoms with Gasteiger partial charge in [0, 0.05) is 18.8 Å². The molecule has 0 radical (unpaired) electrons. The molecule has 1 saturated heterocycles. The predicted molar refractivity (Wildman–Crippen MR) is 74.5 cm³/mol. The number of anilines is 1. The third-order valence-electron chi connectivity index (χ3n) is 3.43. The minimum atomic E-state index is -0.791. The molecule has 1 heterocycles. The van der Waals surface area contributed by atoms with Crippen molar-refractivity contribution in [2.45, 2.75) is 31.8 Å². The molecule has 1 aliphatic heterocycles. The van der Waals surface area contributed by atoms with Crippen molar-refractivity contribution in [1.82, 2.24) is 0 Å². The van der Waals surface area contributed by atoms with Gasteiger partial charge in [0.05, 0.1) is 6.10 Å². The summed E-state index contributed by atoms with van der Waals surface area (Å²) in [5.74, 6) is -0.791. The number of para-hydroxylation sites is 1. The Morgan fingerprint density at radius 2 is 2.16 bits per heavy atom. The second-order valence-corrected chi connectivity index (χ2v) is 4.93. The van der Waals surface area contributed by atoms with E-state index in [0.29, 0.717) is 6.10 Å². The number of hydrogen-bond acceptors (Lipinski definition) is 3. The molecule has 104 valence electrons. The van der Waals surface area contributed by atoms with E-state index in [9.17, 15) is 4.79 Å². The fourth-order valence-electron chi connectivity index (χ4n) is 2.48. The van der Waals surface area contributed by atoms with E-state index >= 15 is 0 Å². The summed E-state index contributed by atoms with van der Waals surface area (Å²) in [6.07, 6.45) is 4.66. The van der Waals surface area contributed by atoms with Gasteiger partial charge in [-0.3, -0.25) is 4.79 Å². The highest BCUT2D eigenvalue weighted by molar-refractivity contribution is 5.73. The Labute approximate surface area is 114 Å². The lowest BCUT2D eigenvalue weighted by atomic mass is 10.1. The van der Waals surface area contributed by atoms with E-state index in [1.54, 1.807) is 0 Å². The van der Waals surface area contributed by atoms with E-state index in [1.165, 1.54) is 0 Å². The summed E-state index contributed by atoms with van der Waals surface area (Å²) in [6.45, 7) is 1.69. The van der Waals surface area contributed by atoms with Crippen LogP contribution in [0.4, 0.5) is 5.69 Å². The van der Waals surface area contributed by atoms with E-state index in [4.69, 9.17) is 9.84 Å². The third kappa shape index (κ3) is 4.56. The molecule has 1 fully saturated rings. The van der Waals surface area contributed by atoms with E-state index in [1.807, 2.05) is 35.2 Å². The molecule has 0 spiro atoms. The molecule has 4 nitrogen and oxygen atoms in total. The van der Waals surface area contributed by atoms with Crippen molar-refractivity contribution in [3.05, 3.63) is 30.3 Å². The molecule has 1 aromatic rings. The van der Waals surface area contributed by atoms with Crippen molar-refractivity contribution in [3.8, 4) is 0 Å². The number of carboxylic acids is 1. The van der Waals surface area contributed by atoms with Gasteiger partial charge in [-0.25, -0.2) is 0 Å². The minimum absolute atomic E-state index is 0.0511. The molecule has 1 N–H and O–H groups in total. The van der Waals surface area contributed by atoms with E-state index in [0.717, 1.165) is 44.5 Å². The van der Waals surface area contributed by atoms with Gasteiger partial charge in [-0.1, -0.05) is 18.2 Å². The second kappa shape index (κ2) is 7.14. The van der Waals surface area contributed by atoms with Crippen molar-refractivity contribution in [2.24, 2.45) is 0 Å². The van der Waals surface area contributed by atoms with Crippen LogP contribution in [0.1, 0.15) is 25.7 Å². The Kier molecular flexibility index (Phi) is 5.21. The van der Waals surface area contributed by atoms with E-state index in [2.05, 4.69) is 0 Å². The van der Waals surface area contributed by atoms with Crippen molar-refractivity contribution < 1.29 is 14.6 Å². The normalized spacial score (nSPS) is 18.4. The van der Waals surface area contributed by atoms with Gasteiger partial charge in [-0.15, -0.1) is 0 Å². The molecule has 0 aliphatic carbocycles. The van der Waals surface area contributed by atoms with Crippen LogP contribution >= 0.6 is 0 Å². The van der Waals surface area contributed by atoms with Crippen LogP contribution in [0.5, 0.6) is 0 Å². The molecule has 1 unspecified atom stereocenters. The van der Waals surface area contributed by atoms with Crippen molar-refractivity contribution in [1.29, 1.82) is 0 Å². The highest BCUT2D eigenvalue weighted by atomic mass is 16.5. The van der Waals surface area contributed by atoms with Gasteiger partial charge in [0.15, 0.2) is 0 Å². The zero-order valence-corrected chi connectivity index (χ0v) is 11.1. The van der Waals surface area contributed by atoms with Crippen LogP contribution in [0.2, 0.25) is 0 Å². The number of rotatable bonds is 7. The molecule has 0 amide bonds. The number of carboxylic acid groups (broad SMARTS) is 1. The largest absolute Gasteiger partial charge is 0.480 e. The van der Waals surface area contributed by atoms with Crippen molar-refractivity contribution in [2.75, 3.05) is 24.6 Å². The summed E-state index contributed by atoms with van der Waals surface area (Å²) < 4.78 is 5.59. The van der Waals surface area contributed by atoms with E-state index < -0.39 is 5.97 Å². The summed E-state index contributed by atoms with van der Waals surface area (Å²) in [6, 6.07) is 9.72. The van der Waals surface area contributed by atoms with Gasteiger partial charge in [0.2, 0.25) is 0 Å². The summed E-state index contributed by atoms with van der Waals surface area (Å²) in [5.41, 5.74) is 0.970. The Morgan fingerprint density at radius 1 is 1.37 bits per heavy atom. The number of nitrogens with zero attached hydrogens (tertiary/aromatic N) is 1. The number of ether oxygens (including phenoxy) is 1. The molecule has 2 rings (SSSR count). The molecule has 19 heavy (non-hydrogen) atoms. The zero-order chi connectivity index (χ0) is 13.5. The molecule has 0 saturated carbocycles. The van der Waals surface area contributed by atoms with Gasteiger partial charge in [-0.2, -0.15) is 0 Å². The molecule has 1 atom stereocenters. The maximum Gasteiger partial charge on any atom is 0.323 e. The summed E-state index contributed by atoms with van der Waals surface area (Å²) >= 11 is 0. The Balaban J connectivity index is 1.85. The lowest BCUT2D eigenvalue weighted by Gasteiger charge is -2.23. The first-order valence-electron chi connectivity index (χ1n) is 6.89. The quantitative estimate of drug-likeness (QED) is 0.821. The summed E-state index contributed by atoms with van der Waals surface area (Å²) in [5, 5.41) is 8.99. The van der Waals surface area contributed by atoms with Crippen LogP contribution < -0.4 is 4.90 Å². The molecule has 1 aliphatic rings. The van der Waals surface area contributed by atoms with Gasteiger partial charge in [-0.05, 0) is 37.8 Å². The monoisotopic (exact) mass is 263 g/mol. The molecule has 0 aromatic heterocycles. The van der Waals surface area contributed by atoms with Crippen LogP contribution in [-0.2, 0) is 9.53 Å². The van der Waals surface area contributed by atoms with Crippen LogP contribution in [-0.4, -0.2) is 36.9 Å². The first-order chi connectivity index (χ1) is 9.25. The number of aliphatic carboxylic acids is 1. The molecular weight excluding hydrogens is 242 g/mol. The smallest absolute Gasteiger partial charge is 0.323 e. The summed E-state index contributed by atoms with van der Waals surface area (Å²) in [7, 11) is 0. The van der Waals surface area contributed by atoms with Crippen LogP contribution in [0.25, 0.3) is 0 Å². The van der Waals surface area contributed by atoms with E-state index in [-0.39, 0.29) is 6.54 Å². The Morgan fingerprint density at radius 3 is 2.79 bits per heavy atom. The predicted octanol–water partition coefficient (Wildman–Crippen LogP) is 2.54. The van der Waals surface area contributed by atoms with Crippen molar-refractivity contribution >= 4 is 11.7 Å². The summed E-state index contributed by atoms with van der Waals surface area (Å²) in [4.78, 5) is 12.9. The van der Waals surface area contributed by atoms with Gasteiger partial charge in [0.25, 0.3) is 0 Å². The molecular formula is C15H21NO3. The zero-order valence-electron chi connectivity index (χ0n) is 11.1. The standard InChI is InChI=1S/C15H21NO3/c17-15(18)12-16(13-6-2-1-3-7-13)10-4-8-14-9-5-11-19-14/h1-3,6-7,14H,4-5,8-12H2,(H,17,18). The molecule has 0 bridgehead atoms. The average Bonchev–Trinajstić information content (AvgIpc) is 2.91. The highest BCUT2D eigenvalue weighted by Crippen LogP contribution is 2.19. The average molecular weight is 263 g/mol. The molecule has 1 aromatic carbocycles. The number of benzene rings is 1. The lowest BCUT2D eigenvalue weighted by molar-refractivity contribution is -0.135.